The van der Waals surface area contributed by atoms with Gasteiger partial charge in [0, 0.05) is 25.3 Å². The molecule has 2 heteroatoms. The normalized spacial score (nSPS) is 26.5. The van der Waals surface area contributed by atoms with E-state index in [9.17, 15) is 0 Å². The fourth-order valence-electron chi connectivity index (χ4n) is 3.14. The number of hydrogen-bond donors (Lipinski definition) is 0. The van der Waals surface area contributed by atoms with Gasteiger partial charge in [-0.15, -0.1) is 0 Å². The van der Waals surface area contributed by atoms with Crippen LogP contribution in [0, 0.1) is 0 Å². The first-order valence-electron chi connectivity index (χ1n) is 6.68. The Kier molecular flexibility index (Phi) is 2.75. The molecule has 1 aliphatic heterocycles. The van der Waals surface area contributed by atoms with Crippen molar-refractivity contribution in [3.8, 4) is 0 Å². The second-order valence-electron chi connectivity index (χ2n) is 5.13. The van der Waals surface area contributed by atoms with Crippen LogP contribution in [0.15, 0.2) is 72.3 Å². The Balaban J connectivity index is 2.30. The summed E-state index contributed by atoms with van der Waals surface area (Å²) in [5.74, 6) is 0. The second-order valence-corrected chi connectivity index (χ2v) is 5.13. The van der Waals surface area contributed by atoms with Gasteiger partial charge in [0.05, 0.1) is 5.71 Å². The van der Waals surface area contributed by atoms with Gasteiger partial charge in [0.15, 0.2) is 0 Å². The van der Waals surface area contributed by atoms with Crippen molar-refractivity contribution >= 4 is 17.0 Å². The van der Waals surface area contributed by atoms with Gasteiger partial charge in [-0.3, -0.25) is 4.99 Å². The average Bonchev–Trinajstić information content (AvgIpc) is 2.51. The molecule has 1 unspecified atom stereocenters. The Bertz CT molecular complexity index is 691. The van der Waals surface area contributed by atoms with E-state index in [0.29, 0.717) is 0 Å². The van der Waals surface area contributed by atoms with Gasteiger partial charge in [-0.1, -0.05) is 43.5 Å². The van der Waals surface area contributed by atoms with Crippen molar-refractivity contribution in [3.63, 3.8) is 0 Å². The SMILES string of the molecule is C=C1C(=C)C2(C=CC=CC2=NC)N(C)c2ccccc21. The second kappa shape index (κ2) is 4.34. The van der Waals surface area contributed by atoms with Crippen LogP contribution in [-0.4, -0.2) is 25.3 Å². The number of aliphatic imine (C=N–C) groups is 1. The largest absolute Gasteiger partial charge is 0.356 e. The van der Waals surface area contributed by atoms with Crippen molar-refractivity contribution < 1.29 is 0 Å². The van der Waals surface area contributed by atoms with Crippen molar-refractivity contribution in [2.75, 3.05) is 19.0 Å². The van der Waals surface area contributed by atoms with Gasteiger partial charge in [-0.25, -0.2) is 0 Å². The molecule has 0 radical (unpaired) electrons. The quantitative estimate of drug-likeness (QED) is 0.697. The molecule has 1 spiro atoms. The van der Waals surface area contributed by atoms with Crippen LogP contribution in [0.4, 0.5) is 5.69 Å². The molecular weight excluding hydrogens is 244 g/mol. The number of hydrogen-bond acceptors (Lipinski definition) is 2. The molecule has 0 N–H and O–H groups in total. The summed E-state index contributed by atoms with van der Waals surface area (Å²) in [5.41, 5.74) is 4.84. The zero-order chi connectivity index (χ0) is 14.3. The lowest BCUT2D eigenvalue weighted by atomic mass is 9.73. The highest BCUT2D eigenvalue weighted by molar-refractivity contribution is 6.15. The monoisotopic (exact) mass is 262 g/mol. The van der Waals surface area contributed by atoms with Gasteiger partial charge in [-0.2, -0.15) is 0 Å². The van der Waals surface area contributed by atoms with Crippen LogP contribution < -0.4 is 4.90 Å². The van der Waals surface area contributed by atoms with E-state index >= 15 is 0 Å². The molecule has 100 valence electrons. The molecule has 2 aliphatic rings. The topological polar surface area (TPSA) is 15.6 Å². The molecule has 0 bridgehead atoms. The fourth-order valence-corrected chi connectivity index (χ4v) is 3.14. The Morgan fingerprint density at radius 2 is 1.90 bits per heavy atom. The van der Waals surface area contributed by atoms with Gasteiger partial charge in [0.2, 0.25) is 0 Å². The van der Waals surface area contributed by atoms with Gasteiger partial charge < -0.3 is 4.90 Å². The number of fused-ring (bicyclic) bond motifs is 1. The summed E-state index contributed by atoms with van der Waals surface area (Å²) in [4.78, 5) is 6.71. The van der Waals surface area contributed by atoms with Gasteiger partial charge >= 0.3 is 0 Å². The van der Waals surface area contributed by atoms with Crippen molar-refractivity contribution in [3.05, 3.63) is 72.9 Å². The summed E-state index contributed by atoms with van der Waals surface area (Å²) in [6.07, 6.45) is 8.26. The molecule has 1 heterocycles. The zero-order valence-corrected chi connectivity index (χ0v) is 11.9. The molecule has 0 aromatic heterocycles. The van der Waals surface area contributed by atoms with E-state index in [1.165, 1.54) is 0 Å². The van der Waals surface area contributed by atoms with Crippen LogP contribution in [0.1, 0.15) is 5.56 Å². The summed E-state index contributed by atoms with van der Waals surface area (Å²) in [7, 11) is 3.91. The van der Waals surface area contributed by atoms with Crippen molar-refractivity contribution in [2.24, 2.45) is 4.99 Å². The maximum Gasteiger partial charge on any atom is 0.126 e. The van der Waals surface area contributed by atoms with Crippen LogP contribution in [-0.2, 0) is 0 Å². The van der Waals surface area contributed by atoms with Crippen molar-refractivity contribution in [1.82, 2.24) is 0 Å². The van der Waals surface area contributed by atoms with Gasteiger partial charge in [-0.05, 0) is 29.4 Å². The molecular formula is C18H18N2. The highest BCUT2D eigenvalue weighted by atomic mass is 15.2. The summed E-state index contributed by atoms with van der Waals surface area (Å²) < 4.78 is 0. The Hall–Kier alpha value is -2.35. The number of anilines is 1. The molecule has 0 saturated carbocycles. The third-order valence-electron chi connectivity index (χ3n) is 4.28. The Morgan fingerprint density at radius 3 is 2.65 bits per heavy atom. The van der Waals surface area contributed by atoms with E-state index in [1.807, 2.05) is 25.3 Å². The van der Waals surface area contributed by atoms with E-state index in [2.05, 4.69) is 60.4 Å². The first kappa shape index (κ1) is 12.7. The highest BCUT2D eigenvalue weighted by Gasteiger charge is 2.45. The van der Waals surface area contributed by atoms with E-state index in [1.54, 1.807) is 0 Å². The van der Waals surface area contributed by atoms with Gasteiger partial charge in [0.1, 0.15) is 5.54 Å². The average molecular weight is 262 g/mol. The fraction of sp³-hybridized carbons (Fsp3) is 0.167. The lowest BCUT2D eigenvalue weighted by molar-refractivity contribution is 0.744. The standard InChI is InChI=1S/C18H18N2/c1-13-14(2)18(12-8-7-11-17(18)19-3)20(4)16-10-6-5-9-15(13)16/h5-12H,1-2H2,3-4H3. The Labute approximate surface area is 120 Å². The summed E-state index contributed by atoms with van der Waals surface area (Å²) >= 11 is 0. The minimum absolute atomic E-state index is 0.422. The third-order valence-corrected chi connectivity index (χ3v) is 4.28. The van der Waals surface area contributed by atoms with E-state index in [4.69, 9.17) is 0 Å². The zero-order valence-electron chi connectivity index (χ0n) is 11.9. The van der Waals surface area contributed by atoms with Gasteiger partial charge in [0.25, 0.3) is 0 Å². The van der Waals surface area contributed by atoms with Crippen LogP contribution in [0.25, 0.3) is 5.57 Å². The molecule has 1 aromatic rings. The first-order valence-corrected chi connectivity index (χ1v) is 6.68. The van der Waals surface area contributed by atoms with Crippen LogP contribution >= 0.6 is 0 Å². The summed E-state index contributed by atoms with van der Waals surface area (Å²) in [6.45, 7) is 8.56. The van der Waals surface area contributed by atoms with Crippen molar-refractivity contribution in [2.45, 2.75) is 5.54 Å². The van der Waals surface area contributed by atoms with E-state index in [-0.39, 0.29) is 0 Å². The maximum absolute atomic E-state index is 4.47. The molecule has 2 nitrogen and oxygen atoms in total. The number of rotatable bonds is 0. The van der Waals surface area contributed by atoms with Crippen molar-refractivity contribution in [1.29, 1.82) is 0 Å². The molecule has 0 amide bonds. The predicted molar refractivity (Wildman–Crippen MR) is 87.4 cm³/mol. The number of para-hydroxylation sites is 1. The summed E-state index contributed by atoms with van der Waals surface area (Å²) in [5, 5.41) is 0. The van der Waals surface area contributed by atoms with E-state index < -0.39 is 5.54 Å². The molecule has 0 fully saturated rings. The number of benzene rings is 1. The summed E-state index contributed by atoms with van der Waals surface area (Å²) in [6, 6.07) is 8.30. The third kappa shape index (κ3) is 1.42. The molecule has 0 saturated heterocycles. The maximum atomic E-state index is 4.47. The van der Waals surface area contributed by atoms with E-state index in [0.717, 1.165) is 28.1 Å². The van der Waals surface area contributed by atoms with Crippen LogP contribution in [0.3, 0.4) is 0 Å². The number of allylic oxidation sites excluding steroid dienone is 2. The number of nitrogens with zero attached hydrogens (tertiary/aromatic N) is 2. The molecule has 1 atom stereocenters. The lowest BCUT2D eigenvalue weighted by Gasteiger charge is -2.48. The molecule has 20 heavy (non-hydrogen) atoms. The smallest absolute Gasteiger partial charge is 0.126 e. The predicted octanol–water partition coefficient (Wildman–Crippen LogP) is 3.64. The lowest BCUT2D eigenvalue weighted by Crippen LogP contribution is -2.55. The minimum Gasteiger partial charge on any atom is -0.356 e. The molecule has 3 rings (SSSR count). The first-order chi connectivity index (χ1) is 9.63. The van der Waals surface area contributed by atoms with Crippen LogP contribution in [0.2, 0.25) is 0 Å². The highest BCUT2D eigenvalue weighted by Crippen LogP contribution is 2.46. The molecule has 1 aliphatic carbocycles. The molecule has 1 aromatic carbocycles. The number of likely N-dealkylation sites (N-methyl/N-ethyl adjacent to an activating group) is 1. The van der Waals surface area contributed by atoms with Crippen LogP contribution in [0.5, 0.6) is 0 Å². The minimum atomic E-state index is -0.422. The Morgan fingerprint density at radius 1 is 1.15 bits per heavy atom.